The second-order valence-corrected chi connectivity index (χ2v) is 10.1. The molecule has 1 aliphatic carbocycles. The van der Waals surface area contributed by atoms with Crippen molar-refractivity contribution >= 4 is 33.0 Å². The van der Waals surface area contributed by atoms with E-state index in [4.69, 9.17) is 16.0 Å². The predicted octanol–water partition coefficient (Wildman–Crippen LogP) is 3.61. The van der Waals surface area contributed by atoms with Crippen molar-refractivity contribution in [2.75, 3.05) is 0 Å². The smallest absolute Gasteiger partial charge is 0.253 e. The highest BCUT2D eigenvalue weighted by molar-refractivity contribution is 7.91. The SMILES string of the molecule is Cn1nc(CN(Cc2ccco2)S(=O)(=O)c2ccc(Cl)s2)c2c1CCC2. The third-order valence-corrected chi connectivity index (χ3v) is 8.07. The van der Waals surface area contributed by atoms with Crippen LogP contribution in [0.2, 0.25) is 4.34 Å². The van der Waals surface area contributed by atoms with Gasteiger partial charge in [-0.05, 0) is 49.1 Å². The van der Waals surface area contributed by atoms with E-state index in [2.05, 4.69) is 5.10 Å². The molecule has 0 saturated heterocycles. The standard InChI is InChI=1S/C17H18ClN3O3S2/c1-20-15-6-2-5-13(15)14(19-20)11-21(10-12-4-3-9-24-12)26(22,23)17-8-7-16(18)25-17/h3-4,7-9H,2,5-6,10-11H2,1H3. The first-order valence-electron chi connectivity index (χ1n) is 8.26. The lowest BCUT2D eigenvalue weighted by Crippen LogP contribution is -2.30. The third-order valence-electron chi connectivity index (χ3n) is 4.58. The maximum atomic E-state index is 13.2. The number of fused-ring (bicyclic) bond motifs is 1. The topological polar surface area (TPSA) is 68.3 Å². The maximum absolute atomic E-state index is 13.2. The van der Waals surface area contributed by atoms with Crippen molar-refractivity contribution in [3.8, 4) is 0 Å². The van der Waals surface area contributed by atoms with E-state index >= 15 is 0 Å². The van der Waals surface area contributed by atoms with Gasteiger partial charge < -0.3 is 4.42 Å². The minimum absolute atomic E-state index is 0.149. The Morgan fingerprint density at radius 1 is 1.31 bits per heavy atom. The molecule has 0 saturated carbocycles. The van der Waals surface area contributed by atoms with Crippen LogP contribution in [-0.4, -0.2) is 22.5 Å². The first-order valence-corrected chi connectivity index (χ1v) is 10.9. The van der Waals surface area contributed by atoms with Gasteiger partial charge in [-0.1, -0.05) is 11.6 Å². The van der Waals surface area contributed by atoms with E-state index in [1.165, 1.54) is 15.6 Å². The molecule has 0 bridgehead atoms. The number of thiophene rings is 1. The van der Waals surface area contributed by atoms with Crippen LogP contribution in [0.5, 0.6) is 0 Å². The highest BCUT2D eigenvalue weighted by Gasteiger charge is 2.30. The Labute approximate surface area is 161 Å². The molecule has 3 heterocycles. The van der Waals surface area contributed by atoms with Gasteiger partial charge in [0.05, 0.1) is 29.4 Å². The Kier molecular flexibility index (Phi) is 4.68. The first-order chi connectivity index (χ1) is 12.4. The lowest BCUT2D eigenvalue weighted by Gasteiger charge is -2.20. The van der Waals surface area contributed by atoms with Crippen LogP contribution < -0.4 is 0 Å². The molecule has 0 aromatic carbocycles. The average molecular weight is 412 g/mol. The number of rotatable bonds is 6. The van der Waals surface area contributed by atoms with Crippen LogP contribution in [0.4, 0.5) is 0 Å². The molecule has 0 spiro atoms. The van der Waals surface area contributed by atoms with Crippen molar-refractivity contribution < 1.29 is 12.8 Å². The lowest BCUT2D eigenvalue weighted by molar-refractivity contribution is 0.354. The molecule has 4 rings (SSSR count). The Hall–Kier alpha value is -1.61. The van der Waals surface area contributed by atoms with Gasteiger partial charge in [-0.25, -0.2) is 8.42 Å². The number of furan rings is 1. The summed E-state index contributed by atoms with van der Waals surface area (Å²) in [4.78, 5) is 0. The summed E-state index contributed by atoms with van der Waals surface area (Å²) >= 11 is 7.01. The van der Waals surface area contributed by atoms with Gasteiger partial charge in [-0.2, -0.15) is 9.40 Å². The molecule has 0 amide bonds. The molecular weight excluding hydrogens is 394 g/mol. The Morgan fingerprint density at radius 2 is 2.15 bits per heavy atom. The quantitative estimate of drug-likeness (QED) is 0.621. The zero-order valence-corrected chi connectivity index (χ0v) is 16.6. The summed E-state index contributed by atoms with van der Waals surface area (Å²) in [5.74, 6) is 0.587. The summed E-state index contributed by atoms with van der Waals surface area (Å²) in [6.45, 7) is 0.359. The molecule has 3 aromatic rings. The first kappa shape index (κ1) is 17.8. The van der Waals surface area contributed by atoms with Gasteiger partial charge in [0, 0.05) is 12.7 Å². The fraction of sp³-hybridized carbons (Fsp3) is 0.353. The summed E-state index contributed by atoms with van der Waals surface area (Å²) in [5.41, 5.74) is 3.20. The van der Waals surface area contributed by atoms with Crippen molar-refractivity contribution in [1.29, 1.82) is 0 Å². The third kappa shape index (κ3) is 3.22. The minimum atomic E-state index is -3.70. The van der Waals surface area contributed by atoms with E-state index in [-0.39, 0.29) is 17.3 Å². The largest absolute Gasteiger partial charge is 0.468 e. The molecule has 0 N–H and O–H groups in total. The summed E-state index contributed by atoms with van der Waals surface area (Å²) in [7, 11) is -1.79. The second-order valence-electron chi connectivity index (χ2n) is 6.26. The molecule has 26 heavy (non-hydrogen) atoms. The van der Waals surface area contributed by atoms with E-state index in [0.717, 1.165) is 36.3 Å². The molecule has 0 unspecified atom stereocenters. The van der Waals surface area contributed by atoms with Crippen LogP contribution in [0.25, 0.3) is 0 Å². The van der Waals surface area contributed by atoms with Crippen LogP contribution >= 0.6 is 22.9 Å². The Balaban J connectivity index is 1.70. The van der Waals surface area contributed by atoms with Crippen LogP contribution in [0, 0.1) is 0 Å². The molecule has 0 radical (unpaired) electrons. The van der Waals surface area contributed by atoms with Gasteiger partial charge in [-0.15, -0.1) is 11.3 Å². The molecule has 6 nitrogen and oxygen atoms in total. The van der Waals surface area contributed by atoms with Gasteiger partial charge in [0.25, 0.3) is 10.0 Å². The van der Waals surface area contributed by atoms with Crippen molar-refractivity contribution in [2.45, 2.75) is 36.6 Å². The number of hydrogen-bond donors (Lipinski definition) is 0. The number of nitrogens with zero attached hydrogens (tertiary/aromatic N) is 3. The number of aryl methyl sites for hydroxylation is 1. The summed E-state index contributed by atoms with van der Waals surface area (Å²) < 4.78 is 35.7. The molecule has 1 aliphatic rings. The predicted molar refractivity (Wildman–Crippen MR) is 99.7 cm³/mol. The zero-order chi connectivity index (χ0) is 18.3. The van der Waals surface area contributed by atoms with Crippen LogP contribution in [0.1, 0.15) is 29.1 Å². The Morgan fingerprint density at radius 3 is 2.85 bits per heavy atom. The molecule has 0 fully saturated rings. The van der Waals surface area contributed by atoms with Crippen molar-refractivity contribution in [1.82, 2.24) is 14.1 Å². The fourth-order valence-corrected chi connectivity index (χ4v) is 6.36. The summed E-state index contributed by atoms with van der Waals surface area (Å²) in [5, 5.41) is 4.57. The monoisotopic (exact) mass is 411 g/mol. The van der Waals surface area contributed by atoms with Crippen LogP contribution in [-0.2, 0) is 43.0 Å². The van der Waals surface area contributed by atoms with Gasteiger partial charge in [-0.3, -0.25) is 4.68 Å². The molecular formula is C17H18ClN3O3S2. The summed E-state index contributed by atoms with van der Waals surface area (Å²) in [6, 6.07) is 6.66. The Bertz CT molecular complexity index is 1020. The van der Waals surface area contributed by atoms with Crippen molar-refractivity contribution in [2.24, 2.45) is 7.05 Å². The number of aromatic nitrogens is 2. The van der Waals surface area contributed by atoms with Gasteiger partial charge in [0.2, 0.25) is 0 Å². The molecule has 9 heteroatoms. The van der Waals surface area contributed by atoms with E-state index in [1.54, 1.807) is 30.5 Å². The second kappa shape index (κ2) is 6.84. The number of halogens is 1. The number of sulfonamides is 1. The van der Waals surface area contributed by atoms with Crippen molar-refractivity contribution in [3.05, 3.63) is 57.6 Å². The van der Waals surface area contributed by atoms with Gasteiger partial charge >= 0.3 is 0 Å². The lowest BCUT2D eigenvalue weighted by atomic mass is 10.2. The van der Waals surface area contributed by atoms with Crippen molar-refractivity contribution in [3.63, 3.8) is 0 Å². The van der Waals surface area contributed by atoms with E-state index in [0.29, 0.717) is 10.1 Å². The molecule has 0 aliphatic heterocycles. The summed E-state index contributed by atoms with van der Waals surface area (Å²) in [6.07, 6.45) is 4.56. The van der Waals surface area contributed by atoms with Gasteiger partial charge in [0.1, 0.15) is 9.97 Å². The average Bonchev–Trinajstić information content (AvgIpc) is 3.35. The maximum Gasteiger partial charge on any atom is 0.253 e. The minimum Gasteiger partial charge on any atom is -0.468 e. The van der Waals surface area contributed by atoms with Crippen LogP contribution in [0.3, 0.4) is 0 Å². The normalized spacial score (nSPS) is 14.3. The van der Waals surface area contributed by atoms with Gasteiger partial charge in [0.15, 0.2) is 0 Å². The highest BCUT2D eigenvalue weighted by atomic mass is 35.5. The fourth-order valence-electron chi connectivity index (χ4n) is 3.36. The molecule has 3 aromatic heterocycles. The molecule has 0 atom stereocenters. The van der Waals surface area contributed by atoms with E-state index in [1.807, 2.05) is 11.7 Å². The number of hydrogen-bond acceptors (Lipinski definition) is 5. The van der Waals surface area contributed by atoms with E-state index < -0.39 is 10.0 Å². The highest BCUT2D eigenvalue weighted by Crippen LogP contribution is 2.31. The molecule has 138 valence electrons. The van der Waals surface area contributed by atoms with E-state index in [9.17, 15) is 8.42 Å². The van der Waals surface area contributed by atoms with Crippen LogP contribution in [0.15, 0.2) is 39.2 Å². The zero-order valence-electron chi connectivity index (χ0n) is 14.2.